The lowest BCUT2D eigenvalue weighted by atomic mass is 10.2. The Labute approximate surface area is 156 Å². The highest BCUT2D eigenvalue weighted by atomic mass is 16.6. The number of hydrogen-bond donors (Lipinski definition) is 1. The predicted molar refractivity (Wildman–Crippen MR) is 103 cm³/mol. The van der Waals surface area contributed by atoms with Crippen molar-refractivity contribution >= 4 is 17.8 Å². The first-order chi connectivity index (χ1) is 13.0. The molecule has 0 saturated carbocycles. The standard InChI is InChI=1S/C20H18N4O3/c1-14-11-19(15(2)23(14)17-8-4-3-5-9-17)20(25)22-21-13-16-7-6-10-18(12-16)24(26)27/h3-13H,1-2H3,(H,22,25)/b21-13-. The number of rotatable bonds is 5. The molecule has 0 unspecified atom stereocenters. The fraction of sp³-hybridized carbons (Fsp3) is 0.100. The average molecular weight is 362 g/mol. The van der Waals surface area contributed by atoms with Crippen LogP contribution in [0.2, 0.25) is 0 Å². The third-order valence-electron chi connectivity index (χ3n) is 4.15. The van der Waals surface area contributed by atoms with Crippen molar-refractivity contribution in [1.29, 1.82) is 0 Å². The Morgan fingerprint density at radius 3 is 2.56 bits per heavy atom. The lowest BCUT2D eigenvalue weighted by molar-refractivity contribution is -0.384. The van der Waals surface area contributed by atoms with E-state index in [9.17, 15) is 14.9 Å². The SMILES string of the molecule is Cc1cc(C(=O)N/N=C\c2cccc([N+](=O)[O-])c2)c(C)n1-c1ccccc1. The molecule has 7 heteroatoms. The number of nitrogens with one attached hydrogen (secondary N) is 1. The maximum absolute atomic E-state index is 12.5. The van der Waals surface area contributed by atoms with E-state index in [1.54, 1.807) is 18.2 Å². The van der Waals surface area contributed by atoms with E-state index in [0.717, 1.165) is 17.1 Å². The number of amides is 1. The molecule has 0 fully saturated rings. The molecule has 0 aliphatic carbocycles. The van der Waals surface area contributed by atoms with Crippen molar-refractivity contribution in [2.45, 2.75) is 13.8 Å². The minimum absolute atomic E-state index is 0.0308. The monoisotopic (exact) mass is 362 g/mol. The number of hydrogen-bond acceptors (Lipinski definition) is 4. The van der Waals surface area contributed by atoms with Gasteiger partial charge in [0.2, 0.25) is 0 Å². The van der Waals surface area contributed by atoms with Gasteiger partial charge in [-0.3, -0.25) is 14.9 Å². The van der Waals surface area contributed by atoms with E-state index in [2.05, 4.69) is 10.5 Å². The number of hydrazone groups is 1. The molecule has 0 radical (unpaired) electrons. The van der Waals surface area contributed by atoms with Crippen LogP contribution in [0.25, 0.3) is 5.69 Å². The van der Waals surface area contributed by atoms with Gasteiger partial charge in [-0.1, -0.05) is 30.3 Å². The minimum atomic E-state index is -0.478. The molecule has 1 amide bonds. The van der Waals surface area contributed by atoms with Gasteiger partial charge in [0, 0.05) is 34.8 Å². The van der Waals surface area contributed by atoms with Crippen LogP contribution >= 0.6 is 0 Å². The third kappa shape index (κ3) is 3.92. The fourth-order valence-electron chi connectivity index (χ4n) is 2.91. The molecular weight excluding hydrogens is 344 g/mol. The summed E-state index contributed by atoms with van der Waals surface area (Å²) in [4.78, 5) is 22.8. The van der Waals surface area contributed by atoms with Crippen LogP contribution < -0.4 is 5.43 Å². The molecule has 0 atom stereocenters. The zero-order chi connectivity index (χ0) is 19.4. The summed E-state index contributed by atoms with van der Waals surface area (Å²) in [6, 6.07) is 17.6. The summed E-state index contributed by atoms with van der Waals surface area (Å²) in [5.41, 5.74) is 6.22. The van der Waals surface area contributed by atoms with Crippen molar-refractivity contribution in [3.63, 3.8) is 0 Å². The van der Waals surface area contributed by atoms with Gasteiger partial charge in [-0.25, -0.2) is 5.43 Å². The molecule has 3 rings (SSSR count). The van der Waals surface area contributed by atoms with Crippen molar-refractivity contribution in [2.75, 3.05) is 0 Å². The van der Waals surface area contributed by atoms with E-state index in [-0.39, 0.29) is 11.6 Å². The van der Waals surface area contributed by atoms with Crippen LogP contribution in [-0.2, 0) is 0 Å². The number of para-hydroxylation sites is 1. The first kappa shape index (κ1) is 18.1. The summed E-state index contributed by atoms with van der Waals surface area (Å²) < 4.78 is 2.00. The summed E-state index contributed by atoms with van der Waals surface area (Å²) >= 11 is 0. The molecular formula is C20H18N4O3. The smallest absolute Gasteiger partial charge is 0.273 e. The summed E-state index contributed by atoms with van der Waals surface area (Å²) in [6.45, 7) is 3.81. The molecule has 0 aliphatic rings. The number of nitro groups is 1. The van der Waals surface area contributed by atoms with Crippen molar-refractivity contribution in [3.05, 3.63) is 93.3 Å². The number of nitro benzene ring substituents is 1. The number of aryl methyl sites for hydroxylation is 1. The highest BCUT2D eigenvalue weighted by Crippen LogP contribution is 2.20. The second-order valence-electron chi connectivity index (χ2n) is 6.01. The molecule has 0 spiro atoms. The normalized spacial score (nSPS) is 10.9. The number of benzene rings is 2. The van der Waals surface area contributed by atoms with Gasteiger partial charge in [0.15, 0.2) is 0 Å². The van der Waals surface area contributed by atoms with Crippen LogP contribution in [0.5, 0.6) is 0 Å². The Bertz CT molecular complexity index is 1020. The number of nitrogens with zero attached hydrogens (tertiary/aromatic N) is 3. The van der Waals surface area contributed by atoms with Gasteiger partial charge in [0.05, 0.1) is 16.7 Å². The van der Waals surface area contributed by atoms with Crippen molar-refractivity contribution in [3.8, 4) is 5.69 Å². The second kappa shape index (κ2) is 7.65. The van der Waals surface area contributed by atoms with Crippen LogP contribution in [0.1, 0.15) is 27.3 Å². The molecule has 2 aromatic carbocycles. The lowest BCUT2D eigenvalue weighted by Gasteiger charge is -2.09. The molecule has 0 aliphatic heterocycles. The van der Waals surface area contributed by atoms with Gasteiger partial charge in [0.1, 0.15) is 0 Å². The third-order valence-corrected chi connectivity index (χ3v) is 4.15. The number of carbonyl (C=O) groups is 1. The first-order valence-electron chi connectivity index (χ1n) is 8.29. The van der Waals surface area contributed by atoms with Gasteiger partial charge in [-0.15, -0.1) is 0 Å². The van der Waals surface area contributed by atoms with Gasteiger partial charge in [-0.2, -0.15) is 5.10 Å². The van der Waals surface area contributed by atoms with E-state index >= 15 is 0 Å². The van der Waals surface area contributed by atoms with Crippen LogP contribution in [0, 0.1) is 24.0 Å². The minimum Gasteiger partial charge on any atom is -0.318 e. The first-order valence-corrected chi connectivity index (χ1v) is 8.29. The van der Waals surface area contributed by atoms with E-state index < -0.39 is 4.92 Å². The molecule has 1 N–H and O–H groups in total. The fourth-order valence-corrected chi connectivity index (χ4v) is 2.91. The Morgan fingerprint density at radius 2 is 1.85 bits per heavy atom. The second-order valence-corrected chi connectivity index (χ2v) is 6.01. The Morgan fingerprint density at radius 1 is 1.11 bits per heavy atom. The molecule has 136 valence electrons. The Hall–Kier alpha value is -3.74. The maximum atomic E-state index is 12.5. The highest BCUT2D eigenvalue weighted by Gasteiger charge is 2.16. The number of aromatic nitrogens is 1. The predicted octanol–water partition coefficient (Wildman–Crippen LogP) is 3.77. The largest absolute Gasteiger partial charge is 0.318 e. The van der Waals surface area contributed by atoms with E-state index in [1.807, 2.05) is 48.7 Å². The van der Waals surface area contributed by atoms with Crippen molar-refractivity contribution in [2.24, 2.45) is 5.10 Å². The lowest BCUT2D eigenvalue weighted by Crippen LogP contribution is -2.18. The van der Waals surface area contributed by atoms with Crippen molar-refractivity contribution < 1.29 is 9.72 Å². The van der Waals surface area contributed by atoms with Crippen LogP contribution in [-0.4, -0.2) is 21.6 Å². The van der Waals surface area contributed by atoms with Gasteiger partial charge < -0.3 is 4.57 Å². The molecule has 27 heavy (non-hydrogen) atoms. The van der Waals surface area contributed by atoms with Gasteiger partial charge in [0.25, 0.3) is 11.6 Å². The van der Waals surface area contributed by atoms with Gasteiger partial charge in [-0.05, 0) is 32.0 Å². The van der Waals surface area contributed by atoms with E-state index in [4.69, 9.17) is 0 Å². The van der Waals surface area contributed by atoms with Crippen LogP contribution in [0.4, 0.5) is 5.69 Å². The topological polar surface area (TPSA) is 89.5 Å². The number of carbonyl (C=O) groups excluding carboxylic acids is 1. The summed E-state index contributed by atoms with van der Waals surface area (Å²) in [5, 5.41) is 14.7. The molecule has 1 heterocycles. The van der Waals surface area contributed by atoms with E-state index in [1.165, 1.54) is 18.3 Å². The molecule has 0 bridgehead atoms. The Balaban J connectivity index is 1.77. The summed E-state index contributed by atoms with van der Waals surface area (Å²) in [7, 11) is 0. The maximum Gasteiger partial charge on any atom is 0.273 e. The Kier molecular flexibility index (Phi) is 5.12. The average Bonchev–Trinajstić information content (AvgIpc) is 2.97. The molecule has 0 saturated heterocycles. The van der Waals surface area contributed by atoms with Crippen LogP contribution in [0.3, 0.4) is 0 Å². The summed E-state index contributed by atoms with van der Waals surface area (Å²) in [5.74, 6) is -0.341. The van der Waals surface area contributed by atoms with E-state index in [0.29, 0.717) is 11.1 Å². The molecule has 7 nitrogen and oxygen atoms in total. The zero-order valence-corrected chi connectivity index (χ0v) is 14.9. The molecule has 3 aromatic rings. The summed E-state index contributed by atoms with van der Waals surface area (Å²) in [6.07, 6.45) is 1.38. The quantitative estimate of drug-likeness (QED) is 0.426. The van der Waals surface area contributed by atoms with Crippen LogP contribution in [0.15, 0.2) is 65.8 Å². The van der Waals surface area contributed by atoms with Gasteiger partial charge >= 0.3 is 0 Å². The molecule has 1 aromatic heterocycles. The van der Waals surface area contributed by atoms with Crippen molar-refractivity contribution in [1.82, 2.24) is 9.99 Å². The zero-order valence-electron chi connectivity index (χ0n) is 14.9. The highest BCUT2D eigenvalue weighted by molar-refractivity contribution is 5.96. The number of non-ortho nitro benzene ring substituents is 1.